The number of nitrogens with zero attached hydrogens (tertiary/aromatic N) is 2. The molecule has 37 heavy (non-hydrogen) atoms. The summed E-state index contributed by atoms with van der Waals surface area (Å²) in [6, 6.07) is 12.6. The molecule has 0 aliphatic carbocycles. The summed E-state index contributed by atoms with van der Waals surface area (Å²) in [5.41, 5.74) is 4.67. The molecule has 1 fully saturated rings. The lowest BCUT2D eigenvalue weighted by Gasteiger charge is -2.19. The second-order valence-electron chi connectivity index (χ2n) is 10.0. The van der Waals surface area contributed by atoms with Gasteiger partial charge in [-0.3, -0.25) is 0 Å². The maximum Gasteiger partial charge on any atom is 0.122 e. The Balaban J connectivity index is 1.48. The SMILES string of the molecule is CNCCOCCN(C)CCCOc1cccc(-c2cccc(OCCCN3CC[C@@H](O)C3)c2C)c1C. The highest BCUT2D eigenvalue weighted by atomic mass is 16.5. The number of likely N-dealkylation sites (tertiary alicyclic amines) is 1. The van der Waals surface area contributed by atoms with Gasteiger partial charge in [-0.2, -0.15) is 0 Å². The largest absolute Gasteiger partial charge is 0.493 e. The van der Waals surface area contributed by atoms with E-state index in [9.17, 15) is 5.11 Å². The van der Waals surface area contributed by atoms with Crippen LogP contribution in [0.5, 0.6) is 11.5 Å². The summed E-state index contributed by atoms with van der Waals surface area (Å²) in [6.07, 6.45) is 2.64. The molecule has 1 heterocycles. The molecule has 0 spiro atoms. The third kappa shape index (κ3) is 9.58. The molecule has 1 atom stereocenters. The summed E-state index contributed by atoms with van der Waals surface area (Å²) in [5.74, 6) is 1.87. The number of aliphatic hydroxyl groups is 1. The lowest BCUT2D eigenvalue weighted by molar-refractivity contribution is 0.112. The van der Waals surface area contributed by atoms with Crippen molar-refractivity contribution in [2.75, 3.05) is 79.8 Å². The molecule has 0 bridgehead atoms. The number of hydrogen-bond donors (Lipinski definition) is 2. The first kappa shape index (κ1) is 29.4. The molecule has 2 N–H and O–H groups in total. The van der Waals surface area contributed by atoms with Crippen molar-refractivity contribution in [1.82, 2.24) is 15.1 Å². The number of rotatable bonds is 17. The highest BCUT2D eigenvalue weighted by Gasteiger charge is 2.19. The molecular weight excluding hydrogens is 466 g/mol. The topological polar surface area (TPSA) is 66.4 Å². The first-order valence-corrected chi connectivity index (χ1v) is 13.8. The highest BCUT2D eigenvalue weighted by Crippen LogP contribution is 2.35. The van der Waals surface area contributed by atoms with E-state index in [1.165, 1.54) is 11.1 Å². The van der Waals surface area contributed by atoms with Crippen molar-refractivity contribution in [3.63, 3.8) is 0 Å². The second kappa shape index (κ2) is 15.9. The summed E-state index contributed by atoms with van der Waals surface area (Å²) in [4.78, 5) is 4.60. The van der Waals surface area contributed by atoms with Gasteiger partial charge in [0.05, 0.1) is 32.5 Å². The molecule has 2 aromatic rings. The third-order valence-corrected chi connectivity index (χ3v) is 7.04. The summed E-state index contributed by atoms with van der Waals surface area (Å²) >= 11 is 0. The summed E-state index contributed by atoms with van der Waals surface area (Å²) in [7, 11) is 4.06. The van der Waals surface area contributed by atoms with Crippen molar-refractivity contribution in [3.05, 3.63) is 47.5 Å². The molecule has 0 radical (unpaired) electrons. The average molecular weight is 514 g/mol. The van der Waals surface area contributed by atoms with Gasteiger partial charge in [-0.05, 0) is 81.6 Å². The Bertz CT molecular complexity index is 939. The van der Waals surface area contributed by atoms with Gasteiger partial charge in [0.25, 0.3) is 0 Å². The van der Waals surface area contributed by atoms with Crippen LogP contribution in [0.4, 0.5) is 0 Å². The van der Waals surface area contributed by atoms with E-state index in [4.69, 9.17) is 14.2 Å². The van der Waals surface area contributed by atoms with Crippen molar-refractivity contribution < 1.29 is 19.3 Å². The Hall–Kier alpha value is -2.16. The second-order valence-corrected chi connectivity index (χ2v) is 10.0. The maximum absolute atomic E-state index is 9.69. The molecule has 1 aliphatic heterocycles. The van der Waals surface area contributed by atoms with E-state index >= 15 is 0 Å². The van der Waals surface area contributed by atoms with Crippen LogP contribution in [0, 0.1) is 13.8 Å². The van der Waals surface area contributed by atoms with Crippen LogP contribution in [0.15, 0.2) is 36.4 Å². The van der Waals surface area contributed by atoms with E-state index in [1.807, 2.05) is 7.05 Å². The minimum Gasteiger partial charge on any atom is -0.493 e. The van der Waals surface area contributed by atoms with Gasteiger partial charge in [-0.1, -0.05) is 24.3 Å². The number of aliphatic hydroxyl groups excluding tert-OH is 1. The fourth-order valence-corrected chi connectivity index (χ4v) is 4.74. The zero-order chi connectivity index (χ0) is 26.5. The minimum atomic E-state index is -0.164. The monoisotopic (exact) mass is 513 g/mol. The number of nitrogens with one attached hydrogen (secondary N) is 1. The first-order chi connectivity index (χ1) is 18.0. The first-order valence-electron chi connectivity index (χ1n) is 13.8. The number of hydrogen-bond acceptors (Lipinski definition) is 7. The van der Waals surface area contributed by atoms with Crippen molar-refractivity contribution >= 4 is 0 Å². The van der Waals surface area contributed by atoms with Crippen LogP contribution < -0.4 is 14.8 Å². The van der Waals surface area contributed by atoms with E-state index in [2.05, 4.69) is 72.4 Å². The molecule has 0 saturated carbocycles. The van der Waals surface area contributed by atoms with Crippen molar-refractivity contribution in [1.29, 1.82) is 0 Å². The molecule has 7 nitrogen and oxygen atoms in total. The summed E-state index contributed by atoms with van der Waals surface area (Å²) in [6.45, 7) is 12.7. The van der Waals surface area contributed by atoms with Crippen LogP contribution in [-0.4, -0.2) is 101 Å². The van der Waals surface area contributed by atoms with Crippen molar-refractivity contribution in [2.24, 2.45) is 0 Å². The normalized spacial score (nSPS) is 16.0. The van der Waals surface area contributed by atoms with E-state index in [1.54, 1.807) is 0 Å². The van der Waals surface area contributed by atoms with Crippen LogP contribution in [0.25, 0.3) is 11.1 Å². The Labute approximate surface area is 223 Å². The molecule has 1 saturated heterocycles. The van der Waals surface area contributed by atoms with E-state index < -0.39 is 0 Å². The molecule has 0 unspecified atom stereocenters. The van der Waals surface area contributed by atoms with Gasteiger partial charge in [-0.15, -0.1) is 0 Å². The van der Waals surface area contributed by atoms with Crippen LogP contribution in [0.3, 0.4) is 0 Å². The maximum atomic E-state index is 9.69. The molecule has 7 heteroatoms. The van der Waals surface area contributed by atoms with E-state index in [0.29, 0.717) is 13.2 Å². The number of likely N-dealkylation sites (N-methyl/N-ethyl adjacent to an activating group) is 2. The number of ether oxygens (including phenoxy) is 3. The molecule has 206 valence electrons. The Morgan fingerprint density at radius 1 is 0.919 bits per heavy atom. The third-order valence-electron chi connectivity index (χ3n) is 7.04. The zero-order valence-corrected chi connectivity index (χ0v) is 23.3. The Morgan fingerprint density at radius 3 is 2.16 bits per heavy atom. The van der Waals surface area contributed by atoms with Gasteiger partial charge in [0.1, 0.15) is 11.5 Å². The zero-order valence-electron chi connectivity index (χ0n) is 23.3. The predicted octanol–water partition coefficient (Wildman–Crippen LogP) is 3.74. The van der Waals surface area contributed by atoms with Crippen LogP contribution in [0.1, 0.15) is 30.4 Å². The van der Waals surface area contributed by atoms with Gasteiger partial charge in [0.2, 0.25) is 0 Å². The quantitative estimate of drug-likeness (QED) is 0.312. The minimum absolute atomic E-state index is 0.164. The van der Waals surface area contributed by atoms with E-state index in [0.717, 1.165) is 94.4 Å². The molecule has 1 aliphatic rings. The molecule has 0 amide bonds. The fraction of sp³-hybridized carbons (Fsp3) is 0.600. The van der Waals surface area contributed by atoms with Crippen molar-refractivity contribution in [2.45, 2.75) is 39.2 Å². The molecular formula is C30H47N3O4. The van der Waals surface area contributed by atoms with Gasteiger partial charge in [-0.25, -0.2) is 0 Å². The lowest BCUT2D eigenvalue weighted by atomic mass is 9.95. The summed E-state index contributed by atoms with van der Waals surface area (Å²) < 4.78 is 18.0. The van der Waals surface area contributed by atoms with Crippen molar-refractivity contribution in [3.8, 4) is 22.6 Å². The van der Waals surface area contributed by atoms with Gasteiger partial charge in [0, 0.05) is 39.3 Å². The van der Waals surface area contributed by atoms with Gasteiger partial charge in [0.15, 0.2) is 0 Å². The smallest absolute Gasteiger partial charge is 0.122 e. The predicted molar refractivity (Wildman–Crippen MR) is 151 cm³/mol. The van der Waals surface area contributed by atoms with E-state index in [-0.39, 0.29) is 6.10 Å². The lowest BCUT2D eigenvalue weighted by Crippen LogP contribution is -2.26. The number of β-amino-alcohol motifs (C(OH)–C–C–N with tert-alkyl or cyclic N) is 1. The molecule has 2 aromatic carbocycles. The van der Waals surface area contributed by atoms with Crippen LogP contribution in [0.2, 0.25) is 0 Å². The van der Waals surface area contributed by atoms with Crippen LogP contribution in [-0.2, 0) is 4.74 Å². The molecule has 3 rings (SSSR count). The Kier molecular flexibility index (Phi) is 12.7. The fourth-order valence-electron chi connectivity index (χ4n) is 4.74. The molecule has 0 aromatic heterocycles. The average Bonchev–Trinajstić information content (AvgIpc) is 3.31. The number of benzene rings is 2. The van der Waals surface area contributed by atoms with Gasteiger partial charge >= 0.3 is 0 Å². The Morgan fingerprint density at radius 2 is 1.57 bits per heavy atom. The van der Waals surface area contributed by atoms with Gasteiger partial charge < -0.3 is 34.4 Å². The highest BCUT2D eigenvalue weighted by molar-refractivity contribution is 5.74. The summed E-state index contributed by atoms with van der Waals surface area (Å²) in [5, 5.41) is 12.8. The van der Waals surface area contributed by atoms with Crippen LogP contribution >= 0.6 is 0 Å². The standard InChI is InChI=1S/C30H47N3O4/c1-24-27(9-5-11-29(24)36-19-7-15-32(4)18-22-35-21-14-31-3)28-10-6-12-30(25(28)2)37-20-8-16-33-17-13-26(34)23-33/h5-6,9-12,26,31,34H,7-8,13-23H2,1-4H3/t26-/m1/s1.